The fourth-order valence-corrected chi connectivity index (χ4v) is 3.66. The molecule has 0 aliphatic rings. The molecule has 4 aromatic rings. The normalized spacial score (nSPS) is 10.6. The molecule has 0 aliphatic carbocycles. The van der Waals surface area contributed by atoms with E-state index in [2.05, 4.69) is 27.3 Å². The summed E-state index contributed by atoms with van der Waals surface area (Å²) >= 11 is 6.51. The average molecular weight is 473 g/mol. The van der Waals surface area contributed by atoms with Crippen molar-refractivity contribution in [3.63, 3.8) is 0 Å². The van der Waals surface area contributed by atoms with E-state index in [0.29, 0.717) is 40.2 Å². The fraction of sp³-hybridized carbons (Fsp3) is 0.115. The number of nitrogens with one attached hydrogen (secondary N) is 2. The van der Waals surface area contributed by atoms with Gasteiger partial charge in [0.25, 0.3) is 5.91 Å². The molecule has 0 aliphatic heterocycles. The number of amides is 1. The molecule has 0 radical (unpaired) electrons. The number of hydrogen-bond donors (Lipinski definition) is 3. The van der Waals surface area contributed by atoms with Gasteiger partial charge in [-0.15, -0.1) is 0 Å². The lowest BCUT2D eigenvalue weighted by Gasteiger charge is -2.14. The van der Waals surface area contributed by atoms with Gasteiger partial charge in [-0.1, -0.05) is 55.4 Å². The molecule has 34 heavy (non-hydrogen) atoms. The average Bonchev–Trinajstić information content (AvgIpc) is 3.27. The minimum absolute atomic E-state index is 0.238. The molecule has 0 spiro atoms. The molecule has 7 nitrogen and oxygen atoms in total. The van der Waals surface area contributed by atoms with Gasteiger partial charge in [0, 0.05) is 34.5 Å². The summed E-state index contributed by atoms with van der Waals surface area (Å²) in [6.45, 7) is 6.76. The molecule has 0 unspecified atom stereocenters. The van der Waals surface area contributed by atoms with E-state index in [1.54, 1.807) is 22.9 Å². The number of rotatable bonds is 8. The Balaban J connectivity index is 1.68. The van der Waals surface area contributed by atoms with Crippen molar-refractivity contribution in [2.24, 2.45) is 0 Å². The summed E-state index contributed by atoms with van der Waals surface area (Å²) in [4.78, 5) is 16.9. The van der Waals surface area contributed by atoms with Crippen LogP contribution < -0.4 is 16.4 Å². The molecule has 4 N–H and O–H groups in total. The van der Waals surface area contributed by atoms with E-state index in [-0.39, 0.29) is 5.91 Å². The summed E-state index contributed by atoms with van der Waals surface area (Å²) in [5.74, 6) is 0.783. The SMILES string of the molecule is C=C(Nc1cc(C(=O)NCCC)nn1-c1ccccc1)c1cc(-c2cccc(N)n2)ccc1Cl. The lowest BCUT2D eigenvalue weighted by atomic mass is 10.1. The summed E-state index contributed by atoms with van der Waals surface area (Å²) in [5.41, 5.74) is 9.78. The van der Waals surface area contributed by atoms with Gasteiger partial charge in [0.2, 0.25) is 0 Å². The van der Waals surface area contributed by atoms with Crippen LogP contribution in [0.5, 0.6) is 0 Å². The molecular formula is C26H25ClN6O. The summed E-state index contributed by atoms with van der Waals surface area (Å²) in [5, 5.41) is 11.2. The van der Waals surface area contributed by atoms with Crippen LogP contribution in [0.3, 0.4) is 0 Å². The van der Waals surface area contributed by atoms with Gasteiger partial charge in [0.1, 0.15) is 11.6 Å². The first-order valence-electron chi connectivity index (χ1n) is 10.9. The van der Waals surface area contributed by atoms with Crippen molar-refractivity contribution in [2.45, 2.75) is 13.3 Å². The van der Waals surface area contributed by atoms with Crippen LogP contribution in [-0.4, -0.2) is 27.2 Å². The van der Waals surface area contributed by atoms with Crippen molar-refractivity contribution in [3.8, 4) is 16.9 Å². The summed E-state index contributed by atoms with van der Waals surface area (Å²) in [7, 11) is 0. The van der Waals surface area contributed by atoms with E-state index in [1.165, 1.54) is 0 Å². The van der Waals surface area contributed by atoms with Crippen LogP contribution in [0.15, 0.2) is 79.4 Å². The van der Waals surface area contributed by atoms with Crippen molar-refractivity contribution >= 4 is 34.8 Å². The molecule has 0 atom stereocenters. The first-order valence-corrected chi connectivity index (χ1v) is 11.3. The van der Waals surface area contributed by atoms with Crippen LogP contribution in [0, 0.1) is 0 Å². The van der Waals surface area contributed by atoms with Gasteiger partial charge in [-0.05, 0) is 42.8 Å². The second-order valence-electron chi connectivity index (χ2n) is 7.66. The number of carbonyl (C=O) groups excluding carboxylic acids is 1. The zero-order valence-electron chi connectivity index (χ0n) is 18.8. The Morgan fingerprint density at radius 3 is 2.62 bits per heavy atom. The smallest absolute Gasteiger partial charge is 0.271 e. The fourth-order valence-electron chi connectivity index (χ4n) is 3.43. The standard InChI is InChI=1S/C26H25ClN6O/c1-3-14-29-26(34)23-16-25(33(32-23)19-8-5-4-6-9-19)30-17(2)20-15-18(12-13-21(20)27)22-10-7-11-24(28)31-22/h4-13,15-16,30H,2-3,14H2,1H3,(H2,28,31)(H,29,34). The van der Waals surface area contributed by atoms with E-state index in [1.807, 2.05) is 61.5 Å². The van der Waals surface area contributed by atoms with Crippen LogP contribution in [0.25, 0.3) is 22.6 Å². The van der Waals surface area contributed by atoms with Gasteiger partial charge >= 0.3 is 0 Å². The number of para-hydroxylation sites is 1. The maximum atomic E-state index is 12.6. The van der Waals surface area contributed by atoms with Crippen LogP contribution >= 0.6 is 11.6 Å². The Bertz CT molecular complexity index is 1330. The molecule has 2 aromatic heterocycles. The molecule has 8 heteroatoms. The van der Waals surface area contributed by atoms with Crippen molar-refractivity contribution in [2.75, 3.05) is 17.6 Å². The van der Waals surface area contributed by atoms with Crippen molar-refractivity contribution in [3.05, 3.63) is 95.7 Å². The van der Waals surface area contributed by atoms with E-state index in [9.17, 15) is 4.79 Å². The molecule has 2 aromatic carbocycles. The molecule has 0 fully saturated rings. The van der Waals surface area contributed by atoms with Gasteiger partial charge in [0.15, 0.2) is 5.69 Å². The molecule has 4 rings (SSSR count). The van der Waals surface area contributed by atoms with Gasteiger partial charge in [-0.3, -0.25) is 4.79 Å². The molecule has 2 heterocycles. The third-order valence-electron chi connectivity index (χ3n) is 5.12. The molecule has 0 saturated heterocycles. The zero-order chi connectivity index (χ0) is 24.1. The number of anilines is 2. The minimum atomic E-state index is -0.238. The Morgan fingerprint density at radius 2 is 1.88 bits per heavy atom. The first kappa shape index (κ1) is 23.1. The Morgan fingerprint density at radius 1 is 1.09 bits per heavy atom. The van der Waals surface area contributed by atoms with Crippen molar-refractivity contribution in [1.82, 2.24) is 20.1 Å². The number of halogens is 1. The number of benzene rings is 2. The zero-order valence-corrected chi connectivity index (χ0v) is 19.5. The quantitative estimate of drug-likeness (QED) is 0.319. The van der Waals surface area contributed by atoms with Gasteiger partial charge in [0.05, 0.1) is 11.4 Å². The highest BCUT2D eigenvalue weighted by molar-refractivity contribution is 6.32. The summed E-state index contributed by atoms with van der Waals surface area (Å²) in [6, 6.07) is 22.3. The van der Waals surface area contributed by atoms with Gasteiger partial charge in [-0.2, -0.15) is 5.10 Å². The van der Waals surface area contributed by atoms with Gasteiger partial charge < -0.3 is 16.4 Å². The van der Waals surface area contributed by atoms with E-state index < -0.39 is 0 Å². The maximum absolute atomic E-state index is 12.6. The van der Waals surface area contributed by atoms with Crippen molar-refractivity contribution in [1.29, 1.82) is 0 Å². The number of hydrogen-bond acceptors (Lipinski definition) is 5. The summed E-state index contributed by atoms with van der Waals surface area (Å²) in [6.07, 6.45) is 0.837. The van der Waals surface area contributed by atoms with Crippen LogP contribution in [0.2, 0.25) is 5.02 Å². The number of nitrogens with zero attached hydrogens (tertiary/aromatic N) is 3. The second-order valence-corrected chi connectivity index (χ2v) is 8.07. The van der Waals surface area contributed by atoms with E-state index in [4.69, 9.17) is 17.3 Å². The Labute approximate surface area is 203 Å². The number of aromatic nitrogens is 3. The lowest BCUT2D eigenvalue weighted by Crippen LogP contribution is -2.24. The molecule has 1 amide bonds. The Hall–Kier alpha value is -4.10. The largest absolute Gasteiger partial charge is 0.384 e. The lowest BCUT2D eigenvalue weighted by molar-refractivity contribution is 0.0948. The Kier molecular flexibility index (Phi) is 6.94. The number of carbonyl (C=O) groups is 1. The van der Waals surface area contributed by atoms with Gasteiger partial charge in [-0.25, -0.2) is 9.67 Å². The summed E-state index contributed by atoms with van der Waals surface area (Å²) < 4.78 is 1.67. The molecule has 172 valence electrons. The third kappa shape index (κ3) is 5.10. The van der Waals surface area contributed by atoms with Crippen molar-refractivity contribution < 1.29 is 4.79 Å². The minimum Gasteiger partial charge on any atom is -0.384 e. The first-order chi connectivity index (χ1) is 16.5. The van der Waals surface area contributed by atoms with E-state index in [0.717, 1.165) is 23.4 Å². The predicted molar refractivity (Wildman–Crippen MR) is 138 cm³/mol. The number of nitrogen functional groups attached to an aromatic ring is 1. The second kappa shape index (κ2) is 10.2. The highest BCUT2D eigenvalue weighted by Gasteiger charge is 2.17. The van der Waals surface area contributed by atoms with Crippen LogP contribution in [-0.2, 0) is 0 Å². The van der Waals surface area contributed by atoms with E-state index >= 15 is 0 Å². The molecular weight excluding hydrogens is 448 g/mol. The number of nitrogens with two attached hydrogens (primary N) is 1. The monoisotopic (exact) mass is 472 g/mol. The molecule has 0 bridgehead atoms. The maximum Gasteiger partial charge on any atom is 0.271 e. The third-order valence-corrected chi connectivity index (χ3v) is 5.44. The predicted octanol–water partition coefficient (Wildman–Crippen LogP) is 5.39. The highest BCUT2D eigenvalue weighted by atomic mass is 35.5. The van der Waals surface area contributed by atoms with Crippen LogP contribution in [0.1, 0.15) is 29.4 Å². The van der Waals surface area contributed by atoms with Crippen LogP contribution in [0.4, 0.5) is 11.6 Å². The molecule has 0 saturated carbocycles. The highest BCUT2D eigenvalue weighted by Crippen LogP contribution is 2.30. The topological polar surface area (TPSA) is 97.9 Å². The number of pyridine rings is 1.